The van der Waals surface area contributed by atoms with Gasteiger partial charge in [-0.1, -0.05) is 0 Å². The molecule has 8 nitrogen and oxygen atoms in total. The van der Waals surface area contributed by atoms with Crippen molar-refractivity contribution in [2.24, 2.45) is 11.8 Å². The van der Waals surface area contributed by atoms with Crippen LogP contribution in [0.5, 0.6) is 0 Å². The molecule has 3 rings (SSSR count). The first kappa shape index (κ1) is 23.0. The number of amides is 2. The van der Waals surface area contributed by atoms with E-state index in [0.29, 0.717) is 31.4 Å². The van der Waals surface area contributed by atoms with Gasteiger partial charge in [0.1, 0.15) is 11.6 Å². The predicted octanol–water partition coefficient (Wildman–Crippen LogP) is 1.94. The average molecular weight is 452 g/mol. The van der Waals surface area contributed by atoms with Gasteiger partial charge in [-0.15, -0.1) is 0 Å². The first-order chi connectivity index (χ1) is 14.8. The summed E-state index contributed by atoms with van der Waals surface area (Å²) in [5.41, 5.74) is 0. The van der Waals surface area contributed by atoms with E-state index in [2.05, 4.69) is 15.4 Å². The van der Waals surface area contributed by atoms with Gasteiger partial charge in [0.25, 0.3) is 0 Å². The van der Waals surface area contributed by atoms with Gasteiger partial charge in [0, 0.05) is 12.5 Å². The van der Waals surface area contributed by atoms with Crippen LogP contribution in [0, 0.1) is 17.7 Å². The van der Waals surface area contributed by atoms with Crippen molar-refractivity contribution < 1.29 is 26.8 Å². The van der Waals surface area contributed by atoms with E-state index in [1.165, 1.54) is 18.4 Å². The van der Waals surface area contributed by atoms with Crippen LogP contribution in [0.15, 0.2) is 52.0 Å². The number of hydrogen-bond acceptors (Lipinski definition) is 5. The highest BCUT2D eigenvalue weighted by molar-refractivity contribution is 7.89. The molecule has 1 aliphatic carbocycles. The molecule has 10 heteroatoms. The van der Waals surface area contributed by atoms with Gasteiger partial charge in [0.15, 0.2) is 0 Å². The van der Waals surface area contributed by atoms with Crippen LogP contribution in [0.3, 0.4) is 0 Å². The van der Waals surface area contributed by atoms with Gasteiger partial charge in [-0.05, 0) is 68.0 Å². The first-order valence-corrected chi connectivity index (χ1v) is 11.6. The lowest BCUT2D eigenvalue weighted by atomic mass is 9.81. The molecule has 0 atom stereocenters. The first-order valence-electron chi connectivity index (χ1n) is 10.2. The fourth-order valence-corrected chi connectivity index (χ4v) is 4.64. The summed E-state index contributed by atoms with van der Waals surface area (Å²) < 4.78 is 45.3. The van der Waals surface area contributed by atoms with Crippen molar-refractivity contribution in [1.82, 2.24) is 15.4 Å². The molecule has 0 bridgehead atoms. The topological polar surface area (TPSA) is 118 Å². The second kappa shape index (κ2) is 10.5. The molecular formula is C21H26FN3O5S. The summed E-state index contributed by atoms with van der Waals surface area (Å²) in [5, 5.41) is 5.32. The number of nitrogens with one attached hydrogen (secondary N) is 3. The minimum atomic E-state index is -3.69. The molecule has 1 saturated carbocycles. The van der Waals surface area contributed by atoms with Crippen LogP contribution < -0.4 is 15.4 Å². The lowest BCUT2D eigenvalue weighted by Crippen LogP contribution is -2.41. The Morgan fingerprint density at radius 1 is 1.03 bits per heavy atom. The van der Waals surface area contributed by atoms with Gasteiger partial charge >= 0.3 is 0 Å². The van der Waals surface area contributed by atoms with Crippen LogP contribution in [0.1, 0.15) is 31.4 Å². The number of hydrogen-bond donors (Lipinski definition) is 3. The third-order valence-electron chi connectivity index (χ3n) is 5.37. The maximum atomic E-state index is 13.0. The number of halogens is 1. The SMILES string of the molecule is O=C(CNC(=O)C1CCC(CNS(=O)(=O)c2ccc(F)cc2)CC1)NCc1ccco1. The normalized spacial score (nSPS) is 19.0. The number of carbonyl (C=O) groups is 2. The highest BCUT2D eigenvalue weighted by Crippen LogP contribution is 2.28. The molecule has 1 fully saturated rings. The van der Waals surface area contributed by atoms with Crippen molar-refractivity contribution in [3.05, 3.63) is 54.2 Å². The molecule has 168 valence electrons. The number of carbonyl (C=O) groups excluding carboxylic acids is 2. The highest BCUT2D eigenvalue weighted by Gasteiger charge is 2.27. The van der Waals surface area contributed by atoms with Crippen LogP contribution in [0.25, 0.3) is 0 Å². The van der Waals surface area contributed by atoms with E-state index in [9.17, 15) is 22.4 Å². The molecule has 0 aliphatic heterocycles. The minimum Gasteiger partial charge on any atom is -0.467 e. The number of rotatable bonds is 9. The molecule has 1 aromatic heterocycles. The molecule has 0 unspecified atom stereocenters. The van der Waals surface area contributed by atoms with Gasteiger partial charge in [-0.25, -0.2) is 17.5 Å². The molecule has 1 aromatic carbocycles. The van der Waals surface area contributed by atoms with E-state index in [0.717, 1.165) is 12.1 Å². The fourth-order valence-electron chi connectivity index (χ4n) is 3.53. The highest BCUT2D eigenvalue weighted by atomic mass is 32.2. The van der Waals surface area contributed by atoms with Crippen LogP contribution in [-0.2, 0) is 26.2 Å². The van der Waals surface area contributed by atoms with Crippen molar-refractivity contribution in [1.29, 1.82) is 0 Å². The van der Waals surface area contributed by atoms with Crippen LogP contribution in [0.4, 0.5) is 4.39 Å². The Kier molecular flexibility index (Phi) is 7.80. The molecule has 0 spiro atoms. The van der Waals surface area contributed by atoms with E-state index in [4.69, 9.17) is 4.42 Å². The Morgan fingerprint density at radius 3 is 2.39 bits per heavy atom. The van der Waals surface area contributed by atoms with E-state index in [1.807, 2.05) is 0 Å². The zero-order valence-corrected chi connectivity index (χ0v) is 17.8. The van der Waals surface area contributed by atoms with Crippen molar-refractivity contribution in [2.45, 2.75) is 37.1 Å². The quantitative estimate of drug-likeness (QED) is 0.539. The molecule has 2 aromatic rings. The summed E-state index contributed by atoms with van der Waals surface area (Å²) in [7, 11) is -3.69. The standard InChI is InChI=1S/C21H26FN3O5S/c22-17-7-9-19(10-8-17)31(28,29)25-12-15-3-5-16(6-4-15)21(27)24-14-20(26)23-13-18-2-1-11-30-18/h1-2,7-11,15-16,25H,3-6,12-14H2,(H,23,26)(H,24,27). The average Bonchev–Trinajstić information content (AvgIpc) is 3.29. The molecule has 31 heavy (non-hydrogen) atoms. The third kappa shape index (κ3) is 6.90. The number of benzene rings is 1. The van der Waals surface area contributed by atoms with Crippen molar-refractivity contribution >= 4 is 21.8 Å². The summed E-state index contributed by atoms with van der Waals surface area (Å²) in [6.45, 7) is 0.431. The van der Waals surface area contributed by atoms with E-state index in [-0.39, 0.29) is 48.2 Å². The molecule has 0 saturated heterocycles. The predicted molar refractivity (Wildman–Crippen MR) is 111 cm³/mol. The smallest absolute Gasteiger partial charge is 0.240 e. The lowest BCUT2D eigenvalue weighted by molar-refractivity contribution is -0.129. The molecule has 3 N–H and O–H groups in total. The monoisotopic (exact) mass is 451 g/mol. The summed E-state index contributed by atoms with van der Waals surface area (Å²) in [6.07, 6.45) is 4.18. The van der Waals surface area contributed by atoms with Crippen LogP contribution >= 0.6 is 0 Å². The van der Waals surface area contributed by atoms with Crippen molar-refractivity contribution in [2.75, 3.05) is 13.1 Å². The number of furan rings is 1. The van der Waals surface area contributed by atoms with Gasteiger partial charge in [-0.2, -0.15) is 0 Å². The number of sulfonamides is 1. The van der Waals surface area contributed by atoms with Crippen molar-refractivity contribution in [3.8, 4) is 0 Å². The maximum Gasteiger partial charge on any atom is 0.240 e. The summed E-state index contributed by atoms with van der Waals surface area (Å²) >= 11 is 0. The molecule has 2 amide bonds. The third-order valence-corrected chi connectivity index (χ3v) is 6.81. The van der Waals surface area contributed by atoms with Crippen molar-refractivity contribution in [3.63, 3.8) is 0 Å². The zero-order chi connectivity index (χ0) is 22.3. The van der Waals surface area contributed by atoms with E-state index >= 15 is 0 Å². The summed E-state index contributed by atoms with van der Waals surface area (Å²) in [6, 6.07) is 8.14. The Bertz CT molecular complexity index is 969. The van der Waals surface area contributed by atoms with E-state index < -0.39 is 15.8 Å². The molecular weight excluding hydrogens is 425 g/mol. The molecule has 1 heterocycles. The summed E-state index contributed by atoms with van der Waals surface area (Å²) in [4.78, 5) is 24.2. The van der Waals surface area contributed by atoms with Crippen LogP contribution in [-0.4, -0.2) is 33.3 Å². The Labute approximate surface area is 180 Å². The maximum absolute atomic E-state index is 13.0. The fraction of sp³-hybridized carbons (Fsp3) is 0.429. The Morgan fingerprint density at radius 2 is 1.74 bits per heavy atom. The zero-order valence-electron chi connectivity index (χ0n) is 17.0. The molecule has 1 aliphatic rings. The van der Waals surface area contributed by atoms with Gasteiger partial charge in [0.05, 0.1) is 24.2 Å². The second-order valence-corrected chi connectivity index (χ2v) is 9.36. The minimum absolute atomic E-state index is 0.0206. The Hall–Kier alpha value is -2.72. The van der Waals surface area contributed by atoms with E-state index in [1.54, 1.807) is 12.1 Å². The lowest BCUT2D eigenvalue weighted by Gasteiger charge is -2.27. The summed E-state index contributed by atoms with van der Waals surface area (Å²) in [5.74, 6) is -0.399. The molecule has 0 radical (unpaired) electrons. The van der Waals surface area contributed by atoms with Gasteiger partial charge in [-0.3, -0.25) is 9.59 Å². The largest absolute Gasteiger partial charge is 0.467 e. The van der Waals surface area contributed by atoms with Gasteiger partial charge < -0.3 is 15.1 Å². The Balaban J connectivity index is 1.35. The van der Waals surface area contributed by atoms with Crippen LogP contribution in [0.2, 0.25) is 0 Å². The second-order valence-electron chi connectivity index (χ2n) is 7.60. The van der Waals surface area contributed by atoms with Gasteiger partial charge in [0.2, 0.25) is 21.8 Å².